The van der Waals surface area contributed by atoms with Crippen LogP contribution in [0.2, 0.25) is 0 Å². The quantitative estimate of drug-likeness (QED) is 0.743. The van der Waals surface area contributed by atoms with Gasteiger partial charge in [-0.25, -0.2) is 13.2 Å². The molecule has 7 nitrogen and oxygen atoms in total. The normalized spacial score (nSPS) is 29.2. The summed E-state index contributed by atoms with van der Waals surface area (Å²) in [6.45, 7) is 0. The van der Waals surface area contributed by atoms with E-state index in [1.807, 2.05) is 0 Å². The molecule has 0 radical (unpaired) electrons. The molecule has 2 saturated heterocycles. The summed E-state index contributed by atoms with van der Waals surface area (Å²) in [7, 11) is -2.20. The predicted octanol–water partition coefficient (Wildman–Crippen LogP) is 1.20. The summed E-state index contributed by atoms with van der Waals surface area (Å²) in [5.41, 5.74) is 0.393. The van der Waals surface area contributed by atoms with Crippen molar-refractivity contribution in [2.75, 3.05) is 13.4 Å². The minimum atomic E-state index is -3.46. The first-order valence-corrected chi connectivity index (χ1v) is 10.00. The van der Waals surface area contributed by atoms with Crippen LogP contribution < -0.4 is 0 Å². The number of hydrogen-bond donors (Lipinski definition) is 0. The van der Waals surface area contributed by atoms with Crippen molar-refractivity contribution in [3.63, 3.8) is 0 Å². The molecule has 1 aromatic rings. The van der Waals surface area contributed by atoms with E-state index < -0.39 is 40.0 Å². The highest BCUT2D eigenvalue weighted by Crippen LogP contribution is 2.42. The van der Waals surface area contributed by atoms with E-state index in [9.17, 15) is 18.0 Å². The summed E-state index contributed by atoms with van der Waals surface area (Å²) in [6.07, 6.45) is 1.93. The second-order valence-electron chi connectivity index (χ2n) is 6.49. The first-order chi connectivity index (χ1) is 11.8. The van der Waals surface area contributed by atoms with E-state index in [0.717, 1.165) is 6.26 Å². The first-order valence-electron chi connectivity index (χ1n) is 8.15. The Labute approximate surface area is 147 Å². The van der Waals surface area contributed by atoms with Gasteiger partial charge in [0.25, 0.3) is 0 Å². The van der Waals surface area contributed by atoms with E-state index in [4.69, 9.17) is 9.47 Å². The van der Waals surface area contributed by atoms with Gasteiger partial charge in [0, 0.05) is 18.5 Å². The predicted molar refractivity (Wildman–Crippen MR) is 89.3 cm³/mol. The second-order valence-corrected chi connectivity index (χ2v) is 8.37. The Balaban J connectivity index is 1.87. The summed E-state index contributed by atoms with van der Waals surface area (Å²) in [5.74, 6) is -1.89. The molecule has 25 heavy (non-hydrogen) atoms. The number of carbonyl (C=O) groups is 2. The van der Waals surface area contributed by atoms with Crippen LogP contribution in [0, 0.1) is 5.92 Å². The van der Waals surface area contributed by atoms with Gasteiger partial charge in [0.1, 0.15) is 12.0 Å². The highest BCUT2D eigenvalue weighted by atomic mass is 32.2. The Morgan fingerprint density at radius 3 is 2.44 bits per heavy atom. The molecule has 0 saturated carbocycles. The average Bonchev–Trinajstić information content (AvgIpc) is 2.91. The monoisotopic (exact) mass is 367 g/mol. The number of benzene rings is 1. The number of rotatable bonds is 4. The Morgan fingerprint density at radius 1 is 1.16 bits per heavy atom. The number of fused-ring (bicyclic) bond motifs is 2. The number of ether oxygens (including phenoxy) is 2. The third kappa shape index (κ3) is 3.41. The Kier molecular flexibility index (Phi) is 4.83. The maximum atomic E-state index is 12.4. The Hall–Kier alpha value is -1.93. The molecule has 4 atom stereocenters. The van der Waals surface area contributed by atoms with Crippen LogP contribution in [-0.4, -0.2) is 56.2 Å². The fourth-order valence-electron chi connectivity index (χ4n) is 3.97. The minimum Gasteiger partial charge on any atom is -0.469 e. The van der Waals surface area contributed by atoms with Gasteiger partial charge in [0.05, 0.1) is 18.9 Å². The van der Waals surface area contributed by atoms with E-state index in [2.05, 4.69) is 0 Å². The van der Waals surface area contributed by atoms with Crippen molar-refractivity contribution in [2.24, 2.45) is 5.92 Å². The van der Waals surface area contributed by atoms with Crippen LogP contribution in [0.5, 0.6) is 0 Å². The lowest BCUT2D eigenvalue weighted by atomic mass is 9.89. The molecular formula is C17H21NO6S. The summed E-state index contributed by atoms with van der Waals surface area (Å²) in [5, 5.41) is 0. The van der Waals surface area contributed by atoms with E-state index in [0.29, 0.717) is 24.8 Å². The maximum Gasteiger partial charge on any atom is 0.338 e. The lowest BCUT2D eigenvalue weighted by molar-refractivity contribution is -0.154. The van der Waals surface area contributed by atoms with Crippen molar-refractivity contribution >= 4 is 22.0 Å². The smallest absolute Gasteiger partial charge is 0.338 e. The second kappa shape index (κ2) is 6.76. The molecule has 2 heterocycles. The SMILES string of the molecule is COC(=O)[C@H]1[C@@H](OC(=O)c2ccccc2)C[C@@H]2CC[C@H]1N2S(C)(=O)=O. The summed E-state index contributed by atoms with van der Waals surface area (Å²) in [6, 6.07) is 7.73. The molecule has 1 aromatic carbocycles. The van der Waals surface area contributed by atoms with Gasteiger partial charge in [-0.15, -0.1) is 0 Å². The molecule has 3 rings (SSSR count). The van der Waals surface area contributed by atoms with Crippen LogP contribution in [0.1, 0.15) is 29.6 Å². The highest BCUT2D eigenvalue weighted by Gasteiger charge is 2.55. The third-order valence-corrected chi connectivity index (χ3v) is 6.26. The fourth-order valence-corrected chi connectivity index (χ4v) is 5.43. The molecule has 0 aromatic heterocycles. The first kappa shape index (κ1) is 17.9. The fraction of sp³-hybridized carbons (Fsp3) is 0.529. The standard InChI is InChI=1S/C17H21NO6S/c1-23-17(20)15-13-9-8-12(18(13)25(2,21)22)10-14(15)24-16(19)11-6-4-3-5-7-11/h3-7,12-15H,8-10H2,1-2H3/t12-,13+,14-,15+/m0/s1. The van der Waals surface area contributed by atoms with Gasteiger partial charge in [0.2, 0.25) is 10.0 Å². The molecule has 2 aliphatic rings. The van der Waals surface area contributed by atoms with Gasteiger partial charge in [0.15, 0.2) is 0 Å². The lowest BCUT2D eigenvalue weighted by Gasteiger charge is -2.41. The van der Waals surface area contributed by atoms with E-state index in [1.165, 1.54) is 11.4 Å². The molecule has 2 aliphatic heterocycles. The lowest BCUT2D eigenvalue weighted by Crippen LogP contribution is -2.56. The van der Waals surface area contributed by atoms with Gasteiger partial charge in [-0.2, -0.15) is 4.31 Å². The number of nitrogens with zero attached hydrogens (tertiary/aromatic N) is 1. The van der Waals surface area contributed by atoms with Crippen molar-refractivity contribution in [3.05, 3.63) is 35.9 Å². The van der Waals surface area contributed by atoms with Crippen molar-refractivity contribution in [2.45, 2.75) is 37.5 Å². The van der Waals surface area contributed by atoms with Crippen molar-refractivity contribution in [1.29, 1.82) is 0 Å². The highest BCUT2D eigenvalue weighted by molar-refractivity contribution is 7.88. The average molecular weight is 367 g/mol. The zero-order chi connectivity index (χ0) is 18.2. The number of piperidine rings is 1. The van der Waals surface area contributed by atoms with E-state index >= 15 is 0 Å². The number of methoxy groups -OCH3 is 1. The Morgan fingerprint density at radius 2 is 1.84 bits per heavy atom. The van der Waals surface area contributed by atoms with Gasteiger partial charge in [-0.05, 0) is 25.0 Å². The molecule has 0 N–H and O–H groups in total. The number of carbonyl (C=O) groups excluding carboxylic acids is 2. The zero-order valence-electron chi connectivity index (χ0n) is 14.1. The van der Waals surface area contributed by atoms with Gasteiger partial charge >= 0.3 is 11.9 Å². The summed E-state index contributed by atoms with van der Waals surface area (Å²) >= 11 is 0. The van der Waals surface area contributed by atoms with E-state index in [1.54, 1.807) is 30.3 Å². The largest absolute Gasteiger partial charge is 0.469 e. The van der Waals surface area contributed by atoms with Crippen LogP contribution in [0.3, 0.4) is 0 Å². The molecule has 0 amide bonds. The van der Waals surface area contributed by atoms with Gasteiger partial charge < -0.3 is 9.47 Å². The van der Waals surface area contributed by atoms with Crippen LogP contribution >= 0.6 is 0 Å². The summed E-state index contributed by atoms with van der Waals surface area (Å²) in [4.78, 5) is 24.7. The maximum absolute atomic E-state index is 12.4. The molecular weight excluding hydrogens is 346 g/mol. The topological polar surface area (TPSA) is 90.0 Å². The van der Waals surface area contributed by atoms with E-state index in [-0.39, 0.29) is 6.04 Å². The molecule has 0 unspecified atom stereocenters. The molecule has 2 fully saturated rings. The van der Waals surface area contributed by atoms with Crippen molar-refractivity contribution < 1.29 is 27.5 Å². The van der Waals surface area contributed by atoms with Crippen molar-refractivity contribution in [1.82, 2.24) is 4.31 Å². The number of hydrogen-bond acceptors (Lipinski definition) is 6. The molecule has 136 valence electrons. The number of esters is 2. The Bertz CT molecular complexity index is 763. The molecule has 0 aliphatic carbocycles. The van der Waals surface area contributed by atoms with Crippen LogP contribution in [0.25, 0.3) is 0 Å². The van der Waals surface area contributed by atoms with Crippen molar-refractivity contribution in [3.8, 4) is 0 Å². The molecule has 2 bridgehead atoms. The van der Waals surface area contributed by atoms with Crippen LogP contribution in [0.15, 0.2) is 30.3 Å². The van der Waals surface area contributed by atoms with Crippen LogP contribution in [0.4, 0.5) is 0 Å². The summed E-state index contributed by atoms with van der Waals surface area (Å²) < 4.78 is 36.1. The zero-order valence-corrected chi connectivity index (χ0v) is 14.9. The third-order valence-electron chi connectivity index (χ3n) is 4.93. The molecule has 8 heteroatoms. The minimum absolute atomic E-state index is 0.255. The van der Waals surface area contributed by atoms with Gasteiger partial charge in [-0.3, -0.25) is 4.79 Å². The number of sulfonamides is 1. The van der Waals surface area contributed by atoms with Crippen LogP contribution in [-0.2, 0) is 24.3 Å². The molecule has 0 spiro atoms. The van der Waals surface area contributed by atoms with Gasteiger partial charge in [-0.1, -0.05) is 18.2 Å².